The molecule has 0 radical (unpaired) electrons. The average molecular weight is 390 g/mol. The number of aryl methyl sites for hydroxylation is 1. The quantitative estimate of drug-likeness (QED) is 0.832. The topological polar surface area (TPSA) is 92.3 Å². The van der Waals surface area contributed by atoms with Gasteiger partial charge in [0.25, 0.3) is 5.92 Å². The highest BCUT2D eigenvalue weighted by molar-refractivity contribution is 5.88. The molecule has 2 aliphatic heterocycles. The molecule has 4 rings (SSSR count). The number of nitrogens with one attached hydrogen (secondary N) is 2. The van der Waals surface area contributed by atoms with Crippen LogP contribution in [0, 0.1) is 6.92 Å². The number of anilines is 2. The minimum atomic E-state index is -3.31. The molecule has 1 saturated heterocycles. The number of ether oxygens (including phenoxy) is 1. The SMILES string of the molecule is Cc1cc(-c2ncnc3c2[C@@H](C(C)(F)F)OC(=O)N3)nc(N2CCNCC2)c1. The molecule has 1 amide bonds. The lowest BCUT2D eigenvalue weighted by Crippen LogP contribution is -2.44. The van der Waals surface area contributed by atoms with E-state index in [-0.39, 0.29) is 17.1 Å². The van der Waals surface area contributed by atoms with Crippen LogP contribution in [0.3, 0.4) is 0 Å². The summed E-state index contributed by atoms with van der Waals surface area (Å²) in [6.07, 6.45) is -1.54. The molecule has 2 N–H and O–H groups in total. The predicted molar refractivity (Wildman–Crippen MR) is 98.5 cm³/mol. The first-order valence-corrected chi connectivity index (χ1v) is 8.98. The molecule has 8 nitrogen and oxygen atoms in total. The van der Waals surface area contributed by atoms with E-state index in [0.717, 1.165) is 37.6 Å². The van der Waals surface area contributed by atoms with E-state index < -0.39 is 18.1 Å². The van der Waals surface area contributed by atoms with Crippen molar-refractivity contribution in [2.24, 2.45) is 0 Å². The average Bonchev–Trinajstić information content (AvgIpc) is 2.66. The van der Waals surface area contributed by atoms with Gasteiger partial charge in [-0.05, 0) is 24.6 Å². The van der Waals surface area contributed by atoms with Crippen LogP contribution in [0.4, 0.5) is 25.2 Å². The molecule has 0 aromatic carbocycles. The zero-order valence-electron chi connectivity index (χ0n) is 15.5. The molecular weight excluding hydrogens is 370 g/mol. The number of rotatable bonds is 3. The highest BCUT2D eigenvalue weighted by Gasteiger charge is 2.45. The van der Waals surface area contributed by atoms with Crippen molar-refractivity contribution in [2.45, 2.75) is 25.9 Å². The number of cyclic esters (lactones) is 1. The van der Waals surface area contributed by atoms with Crippen molar-refractivity contribution >= 4 is 17.7 Å². The third-order valence-electron chi connectivity index (χ3n) is 4.69. The number of alkyl halides is 2. The Balaban J connectivity index is 1.83. The Morgan fingerprint density at radius 1 is 1.25 bits per heavy atom. The van der Waals surface area contributed by atoms with Crippen LogP contribution in [0.25, 0.3) is 11.4 Å². The number of hydrogen-bond donors (Lipinski definition) is 2. The van der Waals surface area contributed by atoms with Crippen molar-refractivity contribution in [1.29, 1.82) is 0 Å². The van der Waals surface area contributed by atoms with Gasteiger partial charge in [0.15, 0.2) is 6.10 Å². The number of nitrogens with zero attached hydrogens (tertiary/aromatic N) is 4. The third-order valence-corrected chi connectivity index (χ3v) is 4.69. The molecule has 0 aliphatic carbocycles. The fraction of sp³-hybridized carbons (Fsp3) is 0.444. The monoisotopic (exact) mass is 390 g/mol. The summed E-state index contributed by atoms with van der Waals surface area (Å²) in [5, 5.41) is 5.66. The Labute approximate surface area is 160 Å². The number of piperazine rings is 1. The highest BCUT2D eigenvalue weighted by Crippen LogP contribution is 2.43. The number of carbonyl (C=O) groups is 1. The Bertz CT molecular complexity index is 911. The molecule has 1 fully saturated rings. The predicted octanol–water partition coefficient (Wildman–Crippen LogP) is 2.52. The molecule has 0 unspecified atom stereocenters. The molecule has 2 aromatic heterocycles. The zero-order chi connectivity index (χ0) is 19.9. The maximum atomic E-state index is 14.2. The second kappa shape index (κ2) is 6.93. The maximum absolute atomic E-state index is 14.2. The maximum Gasteiger partial charge on any atom is 0.413 e. The number of aromatic nitrogens is 3. The summed E-state index contributed by atoms with van der Waals surface area (Å²) < 4.78 is 33.3. The summed E-state index contributed by atoms with van der Waals surface area (Å²) >= 11 is 0. The van der Waals surface area contributed by atoms with E-state index in [1.807, 2.05) is 13.0 Å². The van der Waals surface area contributed by atoms with Crippen LogP contribution >= 0.6 is 0 Å². The number of halogens is 2. The van der Waals surface area contributed by atoms with Crippen LogP contribution in [0.1, 0.15) is 24.2 Å². The molecule has 10 heteroatoms. The minimum Gasteiger partial charge on any atom is -0.434 e. The molecule has 0 saturated carbocycles. The van der Waals surface area contributed by atoms with Crippen molar-refractivity contribution in [3.63, 3.8) is 0 Å². The zero-order valence-corrected chi connectivity index (χ0v) is 15.5. The van der Waals surface area contributed by atoms with E-state index in [1.165, 1.54) is 6.33 Å². The smallest absolute Gasteiger partial charge is 0.413 e. The van der Waals surface area contributed by atoms with Gasteiger partial charge in [-0.2, -0.15) is 0 Å². The summed E-state index contributed by atoms with van der Waals surface area (Å²) in [7, 11) is 0. The molecule has 4 heterocycles. The van der Waals surface area contributed by atoms with Gasteiger partial charge in [-0.15, -0.1) is 0 Å². The van der Waals surface area contributed by atoms with Crippen LogP contribution in [-0.2, 0) is 4.74 Å². The standard InChI is InChI=1S/C18H20F2N6O2/c1-10-7-11(24-12(8-10)26-5-3-21-4-6-26)14-13-15(18(2,19)20)28-17(27)25-16(13)23-9-22-14/h7-9,15,21H,3-6H2,1-2H3,(H,22,23,25,27)/t15-/m0/s1. The Kier molecular flexibility index (Phi) is 4.58. The van der Waals surface area contributed by atoms with Crippen molar-refractivity contribution in [2.75, 3.05) is 36.4 Å². The Morgan fingerprint density at radius 2 is 2.00 bits per heavy atom. The van der Waals surface area contributed by atoms with Crippen LogP contribution < -0.4 is 15.5 Å². The summed E-state index contributed by atoms with van der Waals surface area (Å²) in [6.45, 7) is 5.90. The lowest BCUT2D eigenvalue weighted by Gasteiger charge is -2.31. The van der Waals surface area contributed by atoms with Crippen LogP contribution in [0.2, 0.25) is 0 Å². The third kappa shape index (κ3) is 3.47. The van der Waals surface area contributed by atoms with Crippen LogP contribution in [0.5, 0.6) is 0 Å². The summed E-state index contributed by atoms with van der Waals surface area (Å²) in [6, 6.07) is 3.72. The molecule has 0 bridgehead atoms. The highest BCUT2D eigenvalue weighted by atomic mass is 19.3. The van der Waals surface area contributed by atoms with Crippen molar-refractivity contribution < 1.29 is 18.3 Å². The van der Waals surface area contributed by atoms with Crippen molar-refractivity contribution in [1.82, 2.24) is 20.3 Å². The van der Waals surface area contributed by atoms with Gasteiger partial charge < -0.3 is 15.0 Å². The van der Waals surface area contributed by atoms with Crippen LogP contribution in [0.15, 0.2) is 18.5 Å². The minimum absolute atomic E-state index is 0.0137. The van der Waals surface area contributed by atoms with Gasteiger partial charge in [-0.1, -0.05) is 0 Å². The molecule has 1 atom stereocenters. The summed E-state index contributed by atoms with van der Waals surface area (Å²) in [4.78, 5) is 26.6. The van der Waals surface area contributed by atoms with E-state index in [0.29, 0.717) is 12.6 Å². The van der Waals surface area contributed by atoms with Gasteiger partial charge in [0.2, 0.25) is 0 Å². The molecule has 2 aromatic rings. The molecule has 0 spiro atoms. The fourth-order valence-electron chi connectivity index (χ4n) is 3.42. The van der Waals surface area contributed by atoms with Crippen molar-refractivity contribution in [3.8, 4) is 11.4 Å². The van der Waals surface area contributed by atoms with E-state index in [4.69, 9.17) is 4.74 Å². The van der Waals surface area contributed by atoms with Gasteiger partial charge in [0.1, 0.15) is 23.7 Å². The number of pyridine rings is 1. The summed E-state index contributed by atoms with van der Waals surface area (Å²) in [5.74, 6) is -2.54. The molecule has 148 valence electrons. The molecule has 28 heavy (non-hydrogen) atoms. The Morgan fingerprint density at radius 3 is 2.71 bits per heavy atom. The lowest BCUT2D eigenvalue weighted by molar-refractivity contribution is -0.0985. The normalized spacial score (nSPS) is 19.6. The largest absolute Gasteiger partial charge is 0.434 e. The van der Waals surface area contributed by atoms with E-state index in [1.54, 1.807) is 6.07 Å². The number of amides is 1. The van der Waals surface area contributed by atoms with Crippen molar-refractivity contribution in [3.05, 3.63) is 29.6 Å². The number of hydrogen-bond acceptors (Lipinski definition) is 7. The van der Waals surface area contributed by atoms with Gasteiger partial charge >= 0.3 is 6.09 Å². The van der Waals surface area contributed by atoms with Gasteiger partial charge in [0.05, 0.1) is 11.3 Å². The second-order valence-electron chi connectivity index (χ2n) is 6.98. The van der Waals surface area contributed by atoms with Gasteiger partial charge in [-0.3, -0.25) is 5.32 Å². The van der Waals surface area contributed by atoms with Crippen LogP contribution in [-0.4, -0.2) is 53.1 Å². The van der Waals surface area contributed by atoms with E-state index >= 15 is 0 Å². The van der Waals surface area contributed by atoms with Gasteiger partial charge in [-0.25, -0.2) is 28.5 Å². The number of carbonyl (C=O) groups excluding carboxylic acids is 1. The first-order chi connectivity index (χ1) is 13.3. The summed E-state index contributed by atoms with van der Waals surface area (Å²) in [5.41, 5.74) is 1.60. The first kappa shape index (κ1) is 18.5. The Hall–Kier alpha value is -2.88. The number of fused-ring (bicyclic) bond motifs is 1. The second-order valence-corrected chi connectivity index (χ2v) is 6.98. The van der Waals surface area contributed by atoms with Gasteiger partial charge in [0, 0.05) is 33.1 Å². The lowest BCUT2D eigenvalue weighted by atomic mass is 9.99. The molecular formula is C18H20F2N6O2. The molecule has 2 aliphatic rings. The van der Waals surface area contributed by atoms with E-state index in [9.17, 15) is 13.6 Å². The first-order valence-electron chi connectivity index (χ1n) is 8.98. The van der Waals surface area contributed by atoms with E-state index in [2.05, 4.69) is 30.5 Å². The fourth-order valence-corrected chi connectivity index (χ4v) is 3.42.